The molecule has 0 aliphatic heterocycles. The van der Waals surface area contributed by atoms with Crippen LogP contribution >= 0.6 is 12.6 Å². The molecule has 0 unspecified atom stereocenters. The minimum atomic E-state index is -1.11. The second kappa shape index (κ2) is 6.76. The SMILES string of the molecule is NC=C(C=Nc1cccc(-c2cccc(S)c2)c1)C(=O)O. The van der Waals surface area contributed by atoms with E-state index >= 15 is 0 Å². The maximum atomic E-state index is 10.8. The Morgan fingerprint density at radius 2 is 1.81 bits per heavy atom. The van der Waals surface area contributed by atoms with Gasteiger partial charge in [-0.3, -0.25) is 4.99 Å². The number of nitrogens with two attached hydrogens (primary N) is 1. The number of carbonyl (C=O) groups is 1. The van der Waals surface area contributed by atoms with Crippen molar-refractivity contribution >= 4 is 30.5 Å². The van der Waals surface area contributed by atoms with Crippen molar-refractivity contribution in [1.29, 1.82) is 0 Å². The Morgan fingerprint density at radius 3 is 2.43 bits per heavy atom. The van der Waals surface area contributed by atoms with Gasteiger partial charge < -0.3 is 10.8 Å². The van der Waals surface area contributed by atoms with Crippen LogP contribution in [-0.4, -0.2) is 17.3 Å². The molecule has 0 saturated carbocycles. The predicted octanol–water partition coefficient (Wildman–Crippen LogP) is 3.27. The number of thiol groups is 1. The topological polar surface area (TPSA) is 75.7 Å². The fraction of sp³-hybridized carbons (Fsp3) is 0. The van der Waals surface area contributed by atoms with E-state index in [2.05, 4.69) is 17.6 Å². The standard InChI is InChI=1S/C16H14N2O2S/c17-9-13(16(19)20)10-18-14-5-1-3-11(7-14)12-4-2-6-15(21)8-12/h1-10,21H,17H2,(H,19,20). The van der Waals surface area contributed by atoms with Crippen LogP contribution in [0, 0.1) is 0 Å². The fourth-order valence-corrected chi connectivity index (χ4v) is 1.99. The summed E-state index contributed by atoms with van der Waals surface area (Å²) in [6.45, 7) is 0. The first kappa shape index (κ1) is 14.9. The molecule has 0 spiro atoms. The zero-order valence-electron chi connectivity index (χ0n) is 11.1. The Morgan fingerprint density at radius 1 is 1.14 bits per heavy atom. The van der Waals surface area contributed by atoms with Crippen molar-refractivity contribution < 1.29 is 9.90 Å². The van der Waals surface area contributed by atoms with Gasteiger partial charge in [-0.25, -0.2) is 4.79 Å². The van der Waals surface area contributed by atoms with Crippen LogP contribution in [0.5, 0.6) is 0 Å². The van der Waals surface area contributed by atoms with Gasteiger partial charge in [0.15, 0.2) is 0 Å². The molecule has 5 heteroatoms. The summed E-state index contributed by atoms with van der Waals surface area (Å²) in [5, 5.41) is 8.87. The Balaban J connectivity index is 2.30. The predicted molar refractivity (Wildman–Crippen MR) is 87.2 cm³/mol. The molecule has 21 heavy (non-hydrogen) atoms. The first-order chi connectivity index (χ1) is 10.1. The van der Waals surface area contributed by atoms with E-state index in [1.54, 1.807) is 6.07 Å². The molecule has 0 aromatic heterocycles. The van der Waals surface area contributed by atoms with Crippen LogP contribution in [0.15, 0.2) is 70.2 Å². The van der Waals surface area contributed by atoms with E-state index in [-0.39, 0.29) is 5.57 Å². The summed E-state index contributed by atoms with van der Waals surface area (Å²) in [6.07, 6.45) is 2.25. The van der Waals surface area contributed by atoms with E-state index in [0.717, 1.165) is 22.2 Å². The van der Waals surface area contributed by atoms with Crippen molar-refractivity contribution in [2.75, 3.05) is 0 Å². The second-order valence-electron chi connectivity index (χ2n) is 4.29. The molecule has 2 aromatic carbocycles. The summed E-state index contributed by atoms with van der Waals surface area (Å²) in [5.41, 5.74) is 7.83. The lowest BCUT2D eigenvalue weighted by molar-refractivity contribution is -0.132. The van der Waals surface area contributed by atoms with Gasteiger partial charge in [0.05, 0.1) is 11.3 Å². The molecule has 4 nitrogen and oxygen atoms in total. The number of rotatable bonds is 4. The zero-order chi connectivity index (χ0) is 15.2. The number of carboxylic acid groups (broad SMARTS) is 1. The number of carboxylic acids is 1. The van der Waals surface area contributed by atoms with Crippen molar-refractivity contribution in [2.45, 2.75) is 4.90 Å². The Bertz CT molecular complexity index is 724. The lowest BCUT2D eigenvalue weighted by atomic mass is 10.1. The normalized spacial score (nSPS) is 11.8. The molecule has 0 aliphatic carbocycles. The Labute approximate surface area is 128 Å². The van der Waals surface area contributed by atoms with Gasteiger partial charge in [0, 0.05) is 17.3 Å². The zero-order valence-corrected chi connectivity index (χ0v) is 12.0. The first-order valence-corrected chi connectivity index (χ1v) is 6.63. The van der Waals surface area contributed by atoms with Crippen LogP contribution in [0.1, 0.15) is 0 Å². The smallest absolute Gasteiger partial charge is 0.338 e. The average Bonchev–Trinajstić information content (AvgIpc) is 2.48. The number of aliphatic imine (C=N–C) groups is 1. The van der Waals surface area contributed by atoms with Gasteiger partial charge in [0.25, 0.3) is 0 Å². The molecule has 0 bridgehead atoms. The minimum Gasteiger partial charge on any atom is -0.478 e. The van der Waals surface area contributed by atoms with E-state index in [9.17, 15) is 4.79 Å². The van der Waals surface area contributed by atoms with Crippen LogP contribution in [0.2, 0.25) is 0 Å². The lowest BCUT2D eigenvalue weighted by Gasteiger charge is -2.03. The minimum absolute atomic E-state index is 0.0576. The maximum absolute atomic E-state index is 10.8. The van der Waals surface area contributed by atoms with Crippen molar-refractivity contribution in [2.24, 2.45) is 10.7 Å². The third-order valence-electron chi connectivity index (χ3n) is 2.80. The number of hydrogen-bond donors (Lipinski definition) is 3. The Kier molecular flexibility index (Phi) is 4.79. The molecule has 0 heterocycles. The first-order valence-electron chi connectivity index (χ1n) is 6.19. The van der Waals surface area contributed by atoms with Crippen molar-refractivity contribution in [3.8, 4) is 11.1 Å². The van der Waals surface area contributed by atoms with Gasteiger partial charge in [-0.1, -0.05) is 24.3 Å². The molecule has 2 rings (SSSR count). The van der Waals surface area contributed by atoms with Gasteiger partial charge in [0.1, 0.15) is 0 Å². The molecule has 2 aromatic rings. The highest BCUT2D eigenvalue weighted by atomic mass is 32.1. The summed E-state index contributed by atoms with van der Waals surface area (Å²) in [6, 6.07) is 15.2. The molecule has 106 valence electrons. The molecule has 0 atom stereocenters. The number of nitrogens with zero attached hydrogens (tertiary/aromatic N) is 1. The van der Waals surface area contributed by atoms with E-state index in [1.165, 1.54) is 6.21 Å². The molecular weight excluding hydrogens is 284 g/mol. The third-order valence-corrected chi connectivity index (χ3v) is 3.08. The average molecular weight is 298 g/mol. The summed E-state index contributed by atoms with van der Waals surface area (Å²) in [4.78, 5) is 15.8. The van der Waals surface area contributed by atoms with Gasteiger partial charge in [0.2, 0.25) is 0 Å². The van der Waals surface area contributed by atoms with Crippen molar-refractivity contribution in [1.82, 2.24) is 0 Å². The maximum Gasteiger partial charge on any atom is 0.338 e. The molecule has 3 N–H and O–H groups in total. The molecule has 0 aliphatic rings. The molecule has 0 fully saturated rings. The highest BCUT2D eigenvalue weighted by Gasteiger charge is 2.03. The van der Waals surface area contributed by atoms with Crippen LogP contribution < -0.4 is 5.73 Å². The quantitative estimate of drug-likeness (QED) is 0.460. The lowest BCUT2D eigenvalue weighted by Crippen LogP contribution is -2.03. The van der Waals surface area contributed by atoms with E-state index in [0.29, 0.717) is 5.69 Å². The highest BCUT2D eigenvalue weighted by Crippen LogP contribution is 2.25. The van der Waals surface area contributed by atoms with Gasteiger partial charge in [-0.15, -0.1) is 12.6 Å². The number of aliphatic carboxylic acids is 1. The van der Waals surface area contributed by atoms with Crippen LogP contribution in [-0.2, 0) is 4.79 Å². The monoisotopic (exact) mass is 298 g/mol. The molecular formula is C16H14N2O2S. The third kappa shape index (κ3) is 3.97. The molecule has 0 saturated heterocycles. The van der Waals surface area contributed by atoms with Gasteiger partial charge in [-0.05, 0) is 35.4 Å². The highest BCUT2D eigenvalue weighted by molar-refractivity contribution is 7.80. The van der Waals surface area contributed by atoms with E-state index < -0.39 is 5.97 Å². The second-order valence-corrected chi connectivity index (χ2v) is 4.80. The van der Waals surface area contributed by atoms with Crippen LogP contribution in [0.25, 0.3) is 11.1 Å². The van der Waals surface area contributed by atoms with Crippen LogP contribution in [0.3, 0.4) is 0 Å². The molecule has 0 amide bonds. The van der Waals surface area contributed by atoms with Crippen molar-refractivity contribution in [3.63, 3.8) is 0 Å². The van der Waals surface area contributed by atoms with Crippen LogP contribution in [0.4, 0.5) is 5.69 Å². The molecule has 0 radical (unpaired) electrons. The van der Waals surface area contributed by atoms with E-state index in [1.807, 2.05) is 42.5 Å². The fourth-order valence-electron chi connectivity index (χ4n) is 1.76. The number of hydrogen-bond acceptors (Lipinski definition) is 4. The summed E-state index contributed by atoms with van der Waals surface area (Å²) < 4.78 is 0. The summed E-state index contributed by atoms with van der Waals surface area (Å²) in [7, 11) is 0. The van der Waals surface area contributed by atoms with Gasteiger partial charge in [-0.2, -0.15) is 0 Å². The van der Waals surface area contributed by atoms with Crippen molar-refractivity contribution in [3.05, 3.63) is 60.3 Å². The summed E-state index contributed by atoms with van der Waals surface area (Å²) >= 11 is 4.32. The largest absolute Gasteiger partial charge is 0.478 e. The number of benzene rings is 2. The summed E-state index contributed by atoms with van der Waals surface area (Å²) in [5.74, 6) is -1.11. The van der Waals surface area contributed by atoms with Gasteiger partial charge >= 0.3 is 5.97 Å². The van der Waals surface area contributed by atoms with E-state index in [4.69, 9.17) is 10.8 Å². The Hall–Kier alpha value is -2.53.